The van der Waals surface area contributed by atoms with E-state index in [0.717, 1.165) is 22.3 Å². The van der Waals surface area contributed by atoms with E-state index in [-0.39, 0.29) is 0 Å². The van der Waals surface area contributed by atoms with Crippen molar-refractivity contribution in [3.8, 4) is 5.75 Å². The van der Waals surface area contributed by atoms with E-state index in [0.29, 0.717) is 6.42 Å². The molecule has 2 aromatic rings. The van der Waals surface area contributed by atoms with E-state index in [9.17, 15) is 4.79 Å². The normalized spacial score (nSPS) is 12.3. The number of methoxy groups -OCH3 is 1. The summed E-state index contributed by atoms with van der Waals surface area (Å²) in [6, 6.07) is 9.44. The predicted octanol–water partition coefficient (Wildman–Crippen LogP) is 2.51. The Morgan fingerprint density at radius 2 is 2.17 bits per heavy atom. The molecule has 4 nitrogen and oxygen atoms in total. The van der Waals surface area contributed by atoms with E-state index >= 15 is 0 Å². The third kappa shape index (κ3) is 2.59. The second kappa shape index (κ2) is 5.04. The molecule has 0 amide bonds. The van der Waals surface area contributed by atoms with Crippen LogP contribution in [0.5, 0.6) is 5.75 Å². The zero-order chi connectivity index (χ0) is 13.1. The van der Waals surface area contributed by atoms with Gasteiger partial charge >= 0.3 is 5.97 Å². The molecule has 0 fully saturated rings. The first kappa shape index (κ1) is 12.4. The molecule has 1 atom stereocenters. The summed E-state index contributed by atoms with van der Waals surface area (Å²) in [7, 11) is 1.62. The maximum Gasteiger partial charge on any atom is 0.306 e. The molecule has 0 saturated heterocycles. The molecule has 18 heavy (non-hydrogen) atoms. The Hall–Kier alpha value is -2.10. The Balaban J connectivity index is 2.30. The molecular formula is C14H15NO3. The molecule has 2 rings (SSSR count). The van der Waals surface area contributed by atoms with Gasteiger partial charge in [-0.05, 0) is 24.3 Å². The number of hydrogen-bond acceptors (Lipinski definition) is 3. The number of carboxylic acids is 1. The quantitative estimate of drug-likeness (QED) is 0.899. The second-order valence-corrected chi connectivity index (χ2v) is 4.30. The topological polar surface area (TPSA) is 59.4 Å². The lowest BCUT2D eigenvalue weighted by atomic mass is 10.0. The second-order valence-electron chi connectivity index (χ2n) is 4.30. The molecule has 0 aliphatic rings. The minimum Gasteiger partial charge on any atom is -0.497 e. The van der Waals surface area contributed by atoms with Crippen LogP contribution in [-0.2, 0) is 11.2 Å². The number of benzene rings is 1. The number of carboxylic acid groups (broad SMARTS) is 1. The molecule has 1 heterocycles. The highest BCUT2D eigenvalue weighted by molar-refractivity contribution is 5.80. The fraction of sp³-hybridized carbons (Fsp3) is 0.286. The van der Waals surface area contributed by atoms with Crippen LogP contribution < -0.4 is 4.74 Å². The van der Waals surface area contributed by atoms with Gasteiger partial charge in [0.1, 0.15) is 5.75 Å². The maximum absolute atomic E-state index is 10.8. The smallest absolute Gasteiger partial charge is 0.306 e. The summed E-state index contributed by atoms with van der Waals surface area (Å²) in [5.41, 5.74) is 1.65. The molecule has 1 unspecified atom stereocenters. The number of rotatable bonds is 4. The van der Waals surface area contributed by atoms with Gasteiger partial charge in [-0.25, -0.2) is 0 Å². The minimum absolute atomic E-state index is 0.423. The van der Waals surface area contributed by atoms with E-state index in [1.165, 1.54) is 0 Å². The van der Waals surface area contributed by atoms with E-state index in [1.807, 2.05) is 30.3 Å². The zero-order valence-corrected chi connectivity index (χ0v) is 10.4. The van der Waals surface area contributed by atoms with Crippen LogP contribution in [0.1, 0.15) is 12.6 Å². The molecule has 0 aliphatic carbocycles. The van der Waals surface area contributed by atoms with Crippen LogP contribution in [0.4, 0.5) is 0 Å². The van der Waals surface area contributed by atoms with Crippen LogP contribution in [0, 0.1) is 5.92 Å². The van der Waals surface area contributed by atoms with Crippen molar-refractivity contribution in [2.45, 2.75) is 13.3 Å². The van der Waals surface area contributed by atoms with Crippen molar-refractivity contribution in [2.75, 3.05) is 7.11 Å². The van der Waals surface area contributed by atoms with Crippen molar-refractivity contribution in [2.24, 2.45) is 5.92 Å². The Labute approximate surface area is 105 Å². The van der Waals surface area contributed by atoms with Gasteiger partial charge in [0.15, 0.2) is 0 Å². The van der Waals surface area contributed by atoms with Crippen LogP contribution >= 0.6 is 0 Å². The fourth-order valence-electron chi connectivity index (χ4n) is 1.79. The average molecular weight is 245 g/mol. The lowest BCUT2D eigenvalue weighted by molar-refractivity contribution is -0.141. The van der Waals surface area contributed by atoms with Gasteiger partial charge in [0, 0.05) is 17.5 Å². The van der Waals surface area contributed by atoms with Gasteiger partial charge in [-0.2, -0.15) is 0 Å². The summed E-state index contributed by atoms with van der Waals surface area (Å²) in [6.45, 7) is 1.68. The van der Waals surface area contributed by atoms with Crippen molar-refractivity contribution in [3.05, 3.63) is 36.0 Å². The number of ether oxygens (including phenoxy) is 1. The fourth-order valence-corrected chi connectivity index (χ4v) is 1.79. The molecule has 0 bridgehead atoms. The number of nitrogens with zero attached hydrogens (tertiary/aromatic N) is 1. The molecule has 94 valence electrons. The first-order valence-corrected chi connectivity index (χ1v) is 5.76. The van der Waals surface area contributed by atoms with Gasteiger partial charge in [0.2, 0.25) is 0 Å². The molecule has 1 aromatic heterocycles. The Morgan fingerprint density at radius 1 is 1.39 bits per heavy atom. The zero-order valence-electron chi connectivity index (χ0n) is 10.4. The third-order valence-electron chi connectivity index (χ3n) is 2.89. The van der Waals surface area contributed by atoms with E-state index in [1.54, 1.807) is 14.0 Å². The van der Waals surface area contributed by atoms with Crippen LogP contribution in [0.3, 0.4) is 0 Å². The van der Waals surface area contributed by atoms with Crippen molar-refractivity contribution in [1.29, 1.82) is 0 Å². The van der Waals surface area contributed by atoms with Gasteiger partial charge in [0.25, 0.3) is 0 Å². The van der Waals surface area contributed by atoms with Gasteiger partial charge in [-0.1, -0.05) is 13.0 Å². The van der Waals surface area contributed by atoms with Crippen LogP contribution in [0.2, 0.25) is 0 Å². The minimum atomic E-state index is -0.799. The Morgan fingerprint density at radius 3 is 2.83 bits per heavy atom. The Kier molecular flexibility index (Phi) is 3.46. The lowest BCUT2D eigenvalue weighted by Crippen LogP contribution is -2.12. The number of pyridine rings is 1. The van der Waals surface area contributed by atoms with Crippen LogP contribution in [-0.4, -0.2) is 23.2 Å². The summed E-state index contributed by atoms with van der Waals surface area (Å²) in [5.74, 6) is -0.434. The monoisotopic (exact) mass is 245 g/mol. The summed E-state index contributed by atoms with van der Waals surface area (Å²) in [6.07, 6.45) is 0.442. The van der Waals surface area contributed by atoms with Crippen molar-refractivity contribution >= 4 is 16.9 Å². The van der Waals surface area contributed by atoms with E-state index < -0.39 is 11.9 Å². The summed E-state index contributed by atoms with van der Waals surface area (Å²) in [4.78, 5) is 15.3. The maximum atomic E-state index is 10.8. The van der Waals surface area contributed by atoms with E-state index in [2.05, 4.69) is 4.98 Å². The standard InChI is InChI=1S/C14H15NO3/c1-9(14(16)17)7-11-4-3-10-8-12(18-2)5-6-13(10)15-11/h3-6,8-9H,7H2,1-2H3,(H,16,17). The molecule has 1 aromatic carbocycles. The summed E-state index contributed by atoms with van der Waals surface area (Å²) < 4.78 is 5.14. The predicted molar refractivity (Wildman–Crippen MR) is 68.8 cm³/mol. The highest BCUT2D eigenvalue weighted by Gasteiger charge is 2.12. The number of hydrogen-bond donors (Lipinski definition) is 1. The van der Waals surface area contributed by atoms with Crippen molar-refractivity contribution < 1.29 is 14.6 Å². The number of aliphatic carboxylic acids is 1. The average Bonchev–Trinajstić information content (AvgIpc) is 2.37. The molecule has 0 spiro atoms. The molecular weight excluding hydrogens is 230 g/mol. The largest absolute Gasteiger partial charge is 0.497 e. The van der Waals surface area contributed by atoms with Crippen molar-refractivity contribution in [1.82, 2.24) is 4.98 Å². The lowest BCUT2D eigenvalue weighted by Gasteiger charge is -2.07. The highest BCUT2D eigenvalue weighted by atomic mass is 16.5. The molecule has 0 aliphatic heterocycles. The van der Waals surface area contributed by atoms with Gasteiger partial charge in [-0.15, -0.1) is 0 Å². The highest BCUT2D eigenvalue weighted by Crippen LogP contribution is 2.20. The summed E-state index contributed by atoms with van der Waals surface area (Å²) >= 11 is 0. The third-order valence-corrected chi connectivity index (χ3v) is 2.89. The van der Waals surface area contributed by atoms with Gasteiger partial charge in [0.05, 0.1) is 18.5 Å². The van der Waals surface area contributed by atoms with Crippen molar-refractivity contribution in [3.63, 3.8) is 0 Å². The molecule has 0 saturated carbocycles. The SMILES string of the molecule is COc1ccc2nc(CC(C)C(=O)O)ccc2c1. The number of carbonyl (C=O) groups is 1. The van der Waals surface area contributed by atoms with Crippen LogP contribution in [0.25, 0.3) is 10.9 Å². The molecule has 4 heteroatoms. The number of fused-ring (bicyclic) bond motifs is 1. The Bertz CT molecular complexity index is 580. The molecule has 1 N–H and O–H groups in total. The first-order valence-electron chi connectivity index (χ1n) is 5.76. The van der Waals surface area contributed by atoms with E-state index in [4.69, 9.17) is 9.84 Å². The first-order chi connectivity index (χ1) is 8.60. The summed E-state index contributed by atoms with van der Waals surface area (Å²) in [5, 5.41) is 9.87. The van der Waals surface area contributed by atoms with Gasteiger partial charge < -0.3 is 9.84 Å². The van der Waals surface area contributed by atoms with Crippen LogP contribution in [0.15, 0.2) is 30.3 Å². The molecule has 0 radical (unpaired) electrons. The number of aromatic nitrogens is 1. The van der Waals surface area contributed by atoms with Gasteiger partial charge in [-0.3, -0.25) is 9.78 Å².